The molecule has 0 saturated carbocycles. The number of aryl methyl sites for hydroxylation is 2. The van der Waals surface area contributed by atoms with Crippen LogP contribution in [0.15, 0.2) is 53.2 Å². The molecule has 6 heteroatoms. The number of hydrogen-bond donors (Lipinski definition) is 2. The minimum atomic E-state index is 0.489. The molecule has 0 unspecified atom stereocenters. The van der Waals surface area contributed by atoms with Gasteiger partial charge in [0.05, 0.1) is 5.56 Å². The first-order valence-electron chi connectivity index (χ1n) is 9.17. The summed E-state index contributed by atoms with van der Waals surface area (Å²) in [6, 6.07) is 14.8. The standard InChI is InChI=1S/C20H23N5O/c1-2-4-15(5-3-1)6-8-19-24-20(26-25-19)16-7-9-18(22-14-16)23-17-10-12-21-13-11-17/h1-5,7,9,14,17,21H,6,8,10-13H2,(H,22,23). The van der Waals surface area contributed by atoms with Crippen LogP contribution in [0, 0.1) is 0 Å². The Balaban J connectivity index is 1.36. The van der Waals surface area contributed by atoms with E-state index in [0.717, 1.165) is 56.0 Å². The van der Waals surface area contributed by atoms with Gasteiger partial charge in [-0.15, -0.1) is 0 Å². The van der Waals surface area contributed by atoms with Crippen molar-refractivity contribution < 1.29 is 4.52 Å². The van der Waals surface area contributed by atoms with Gasteiger partial charge < -0.3 is 15.2 Å². The van der Waals surface area contributed by atoms with Crippen molar-refractivity contribution in [2.75, 3.05) is 18.4 Å². The second kappa shape index (κ2) is 8.10. The van der Waals surface area contributed by atoms with Crippen molar-refractivity contribution in [1.82, 2.24) is 20.4 Å². The summed E-state index contributed by atoms with van der Waals surface area (Å²) >= 11 is 0. The molecule has 3 aromatic rings. The Morgan fingerprint density at radius 1 is 1.04 bits per heavy atom. The Bertz CT molecular complexity index is 810. The van der Waals surface area contributed by atoms with Crippen molar-refractivity contribution in [2.24, 2.45) is 0 Å². The van der Waals surface area contributed by atoms with E-state index in [1.165, 1.54) is 5.56 Å². The summed E-state index contributed by atoms with van der Waals surface area (Å²) in [5.74, 6) is 2.14. The highest BCUT2D eigenvalue weighted by molar-refractivity contribution is 5.54. The van der Waals surface area contributed by atoms with Gasteiger partial charge in [-0.3, -0.25) is 0 Å². The van der Waals surface area contributed by atoms with Gasteiger partial charge in [-0.2, -0.15) is 4.98 Å². The van der Waals surface area contributed by atoms with Crippen LogP contribution in [0.3, 0.4) is 0 Å². The molecule has 1 aliphatic rings. The summed E-state index contributed by atoms with van der Waals surface area (Å²) in [6.07, 6.45) is 5.70. The van der Waals surface area contributed by atoms with Crippen LogP contribution < -0.4 is 10.6 Å². The Morgan fingerprint density at radius 2 is 1.88 bits per heavy atom. The Kier molecular flexibility index (Phi) is 5.21. The third-order valence-electron chi connectivity index (χ3n) is 4.65. The normalized spacial score (nSPS) is 15.1. The van der Waals surface area contributed by atoms with E-state index < -0.39 is 0 Å². The number of anilines is 1. The zero-order valence-corrected chi connectivity index (χ0v) is 14.7. The Hall–Kier alpha value is -2.73. The number of nitrogens with zero attached hydrogens (tertiary/aromatic N) is 3. The van der Waals surface area contributed by atoms with E-state index in [-0.39, 0.29) is 0 Å². The molecule has 1 aliphatic heterocycles. The van der Waals surface area contributed by atoms with Crippen LogP contribution in [0.2, 0.25) is 0 Å². The molecule has 4 rings (SSSR count). The molecule has 2 N–H and O–H groups in total. The van der Waals surface area contributed by atoms with Crippen molar-refractivity contribution in [1.29, 1.82) is 0 Å². The van der Waals surface area contributed by atoms with E-state index in [0.29, 0.717) is 11.9 Å². The van der Waals surface area contributed by atoms with Gasteiger partial charge in [0, 0.05) is 18.7 Å². The minimum absolute atomic E-state index is 0.489. The fourth-order valence-corrected chi connectivity index (χ4v) is 3.15. The monoisotopic (exact) mass is 349 g/mol. The molecule has 0 spiro atoms. The van der Waals surface area contributed by atoms with Gasteiger partial charge in [0.1, 0.15) is 5.82 Å². The molecule has 2 aromatic heterocycles. The number of piperidine rings is 1. The first-order chi connectivity index (χ1) is 12.9. The number of aromatic nitrogens is 3. The van der Waals surface area contributed by atoms with Crippen LogP contribution in [0.1, 0.15) is 24.2 Å². The second-order valence-electron chi connectivity index (χ2n) is 6.60. The average Bonchev–Trinajstić information content (AvgIpc) is 3.18. The van der Waals surface area contributed by atoms with Gasteiger partial charge in [0.25, 0.3) is 5.89 Å². The zero-order valence-electron chi connectivity index (χ0n) is 14.7. The maximum atomic E-state index is 5.40. The fraction of sp³-hybridized carbons (Fsp3) is 0.350. The summed E-state index contributed by atoms with van der Waals surface area (Å²) in [4.78, 5) is 8.99. The van der Waals surface area contributed by atoms with E-state index in [1.807, 2.05) is 30.3 Å². The molecule has 0 aliphatic carbocycles. The van der Waals surface area contributed by atoms with E-state index in [9.17, 15) is 0 Å². The highest BCUT2D eigenvalue weighted by Gasteiger charge is 2.14. The number of pyridine rings is 1. The lowest BCUT2D eigenvalue weighted by Crippen LogP contribution is -2.35. The molecule has 1 fully saturated rings. The first-order valence-corrected chi connectivity index (χ1v) is 9.17. The summed E-state index contributed by atoms with van der Waals surface area (Å²) in [5, 5.41) is 10.9. The number of hydrogen-bond acceptors (Lipinski definition) is 6. The first kappa shape index (κ1) is 16.7. The van der Waals surface area contributed by atoms with Crippen molar-refractivity contribution in [2.45, 2.75) is 31.7 Å². The third kappa shape index (κ3) is 4.26. The quantitative estimate of drug-likeness (QED) is 0.712. The second-order valence-corrected chi connectivity index (χ2v) is 6.60. The van der Waals surface area contributed by atoms with Crippen molar-refractivity contribution in [3.05, 3.63) is 60.0 Å². The number of benzene rings is 1. The zero-order chi connectivity index (χ0) is 17.6. The Morgan fingerprint density at radius 3 is 2.65 bits per heavy atom. The maximum Gasteiger partial charge on any atom is 0.259 e. The van der Waals surface area contributed by atoms with Gasteiger partial charge in [-0.25, -0.2) is 4.98 Å². The molecule has 1 saturated heterocycles. The van der Waals surface area contributed by atoms with Crippen LogP contribution in [0.4, 0.5) is 5.82 Å². The van der Waals surface area contributed by atoms with Crippen molar-refractivity contribution in [3.63, 3.8) is 0 Å². The number of rotatable bonds is 6. The highest BCUT2D eigenvalue weighted by atomic mass is 16.5. The lowest BCUT2D eigenvalue weighted by atomic mass is 10.1. The van der Waals surface area contributed by atoms with E-state index >= 15 is 0 Å². The molecule has 3 heterocycles. The summed E-state index contributed by atoms with van der Waals surface area (Å²) in [6.45, 7) is 2.12. The molecule has 26 heavy (non-hydrogen) atoms. The largest absolute Gasteiger partial charge is 0.367 e. The predicted molar refractivity (Wildman–Crippen MR) is 101 cm³/mol. The lowest BCUT2D eigenvalue weighted by Gasteiger charge is -2.24. The summed E-state index contributed by atoms with van der Waals surface area (Å²) in [7, 11) is 0. The van der Waals surface area contributed by atoms with Gasteiger partial charge in [-0.05, 0) is 50.0 Å². The minimum Gasteiger partial charge on any atom is -0.367 e. The molecule has 1 aromatic carbocycles. The molecule has 6 nitrogen and oxygen atoms in total. The topological polar surface area (TPSA) is 75.9 Å². The molecular weight excluding hydrogens is 326 g/mol. The predicted octanol–water partition coefficient (Wildman–Crippen LogP) is 3.08. The molecule has 0 amide bonds. The van der Waals surface area contributed by atoms with Crippen molar-refractivity contribution >= 4 is 5.82 Å². The molecular formula is C20H23N5O. The molecule has 0 atom stereocenters. The number of nitrogens with one attached hydrogen (secondary N) is 2. The molecule has 0 radical (unpaired) electrons. The van der Waals surface area contributed by atoms with Crippen molar-refractivity contribution in [3.8, 4) is 11.5 Å². The van der Waals surface area contributed by atoms with E-state index in [2.05, 4.69) is 37.9 Å². The van der Waals surface area contributed by atoms with Gasteiger partial charge >= 0.3 is 0 Å². The lowest BCUT2D eigenvalue weighted by molar-refractivity contribution is 0.422. The summed E-state index contributed by atoms with van der Waals surface area (Å²) < 4.78 is 5.40. The van der Waals surface area contributed by atoms with E-state index in [4.69, 9.17) is 4.52 Å². The van der Waals surface area contributed by atoms with E-state index in [1.54, 1.807) is 6.20 Å². The van der Waals surface area contributed by atoms with Crippen LogP contribution >= 0.6 is 0 Å². The third-order valence-corrected chi connectivity index (χ3v) is 4.65. The maximum absolute atomic E-state index is 5.40. The Labute approximate surface area is 153 Å². The average molecular weight is 349 g/mol. The fourth-order valence-electron chi connectivity index (χ4n) is 3.15. The van der Waals surface area contributed by atoms with Gasteiger partial charge in [-0.1, -0.05) is 35.5 Å². The smallest absolute Gasteiger partial charge is 0.259 e. The molecule has 0 bridgehead atoms. The van der Waals surface area contributed by atoms with Crippen LogP contribution in [-0.2, 0) is 12.8 Å². The van der Waals surface area contributed by atoms with Gasteiger partial charge in [0.15, 0.2) is 5.82 Å². The SMILES string of the molecule is c1ccc(CCc2noc(-c3ccc(NC4CCNCC4)nc3)n2)cc1. The van der Waals surface area contributed by atoms with Crippen LogP contribution in [-0.4, -0.2) is 34.3 Å². The summed E-state index contributed by atoms with van der Waals surface area (Å²) in [5.41, 5.74) is 2.12. The molecule has 134 valence electrons. The van der Waals surface area contributed by atoms with Crippen LogP contribution in [0.5, 0.6) is 0 Å². The highest BCUT2D eigenvalue weighted by Crippen LogP contribution is 2.19. The van der Waals surface area contributed by atoms with Gasteiger partial charge in [0.2, 0.25) is 0 Å². The van der Waals surface area contributed by atoms with Crippen LogP contribution in [0.25, 0.3) is 11.5 Å².